The van der Waals surface area contributed by atoms with Crippen molar-refractivity contribution in [3.8, 4) is 0 Å². The van der Waals surface area contributed by atoms with Crippen molar-refractivity contribution in [3.63, 3.8) is 0 Å². The van der Waals surface area contributed by atoms with E-state index in [1.54, 1.807) is 4.90 Å². The molecule has 1 aliphatic heterocycles. The molecule has 0 radical (unpaired) electrons. The fraction of sp³-hybridized carbons (Fsp3) is 0.636. The summed E-state index contributed by atoms with van der Waals surface area (Å²) in [5, 5.41) is 21.2. The molecule has 110 valence electrons. The predicted octanol–water partition coefficient (Wildman–Crippen LogP) is 0.268. The number of hydrazine groups is 1. The maximum atomic E-state index is 11.2. The molecule has 1 aromatic rings. The highest BCUT2D eigenvalue weighted by Gasteiger charge is 2.38. The lowest BCUT2D eigenvalue weighted by Gasteiger charge is -2.42. The van der Waals surface area contributed by atoms with Gasteiger partial charge >= 0.3 is 5.69 Å². The highest BCUT2D eigenvalue weighted by Crippen LogP contribution is 2.37. The largest absolute Gasteiger partial charge is 0.392 e. The number of nitrogens with one attached hydrogen (secondary N) is 1. The standard InChI is InChI=1S/C11H18N6O3/c1-11(2)5-16(4-3-7(11)18)10-8(17(19)20)9(15-12)13-6-14-10/h6-7,18H,3-5,12H2,1-2H3,(H,13,14,15). The number of anilines is 2. The van der Waals surface area contributed by atoms with E-state index in [4.69, 9.17) is 5.84 Å². The fourth-order valence-electron chi connectivity index (χ4n) is 2.40. The number of aliphatic hydroxyl groups is 1. The van der Waals surface area contributed by atoms with Gasteiger partial charge in [0.1, 0.15) is 6.33 Å². The Morgan fingerprint density at radius 2 is 2.30 bits per heavy atom. The molecule has 0 saturated carbocycles. The zero-order valence-electron chi connectivity index (χ0n) is 11.4. The summed E-state index contributed by atoms with van der Waals surface area (Å²) in [7, 11) is 0. The van der Waals surface area contributed by atoms with Crippen molar-refractivity contribution < 1.29 is 10.0 Å². The van der Waals surface area contributed by atoms with Crippen molar-refractivity contribution >= 4 is 17.3 Å². The summed E-state index contributed by atoms with van der Waals surface area (Å²) < 4.78 is 0. The van der Waals surface area contributed by atoms with E-state index in [2.05, 4.69) is 15.4 Å². The smallest absolute Gasteiger partial charge is 0.354 e. The molecule has 0 bridgehead atoms. The van der Waals surface area contributed by atoms with Crippen molar-refractivity contribution in [2.45, 2.75) is 26.4 Å². The third-order valence-corrected chi connectivity index (χ3v) is 3.59. The molecule has 1 atom stereocenters. The maximum absolute atomic E-state index is 11.2. The molecule has 1 saturated heterocycles. The van der Waals surface area contributed by atoms with E-state index in [-0.39, 0.29) is 22.7 Å². The SMILES string of the molecule is CC1(C)CN(c2ncnc(NN)c2[N+](=O)[O-])CCC1O. The number of aliphatic hydroxyl groups excluding tert-OH is 1. The number of nitro groups is 1. The lowest BCUT2D eigenvalue weighted by Crippen LogP contribution is -2.49. The summed E-state index contributed by atoms with van der Waals surface area (Å²) in [6.45, 7) is 4.79. The second-order valence-electron chi connectivity index (χ2n) is 5.51. The minimum atomic E-state index is -0.553. The van der Waals surface area contributed by atoms with Crippen LogP contribution >= 0.6 is 0 Å². The number of nitrogens with two attached hydrogens (primary N) is 1. The predicted molar refractivity (Wildman–Crippen MR) is 73.1 cm³/mol. The normalized spacial score (nSPS) is 21.6. The van der Waals surface area contributed by atoms with E-state index in [0.717, 1.165) is 0 Å². The molecule has 9 heteroatoms. The van der Waals surface area contributed by atoms with Gasteiger partial charge in [0, 0.05) is 18.5 Å². The summed E-state index contributed by atoms with van der Waals surface area (Å²) in [5.41, 5.74) is 1.60. The van der Waals surface area contributed by atoms with Gasteiger partial charge in [-0.2, -0.15) is 0 Å². The van der Waals surface area contributed by atoms with E-state index < -0.39 is 11.0 Å². The zero-order chi connectivity index (χ0) is 14.9. The van der Waals surface area contributed by atoms with E-state index in [1.807, 2.05) is 13.8 Å². The number of rotatable bonds is 3. The molecule has 4 N–H and O–H groups in total. The summed E-state index contributed by atoms with van der Waals surface area (Å²) in [6.07, 6.45) is 1.32. The van der Waals surface area contributed by atoms with E-state index >= 15 is 0 Å². The van der Waals surface area contributed by atoms with Gasteiger partial charge in [0.2, 0.25) is 11.6 Å². The number of aromatic nitrogens is 2. The second-order valence-corrected chi connectivity index (χ2v) is 5.51. The average Bonchev–Trinajstić information content (AvgIpc) is 2.40. The molecule has 1 fully saturated rings. The minimum Gasteiger partial charge on any atom is -0.392 e. The van der Waals surface area contributed by atoms with Crippen molar-refractivity contribution in [2.75, 3.05) is 23.4 Å². The van der Waals surface area contributed by atoms with Gasteiger partial charge in [-0.05, 0) is 6.42 Å². The highest BCUT2D eigenvalue weighted by atomic mass is 16.6. The van der Waals surface area contributed by atoms with E-state index in [0.29, 0.717) is 19.5 Å². The Morgan fingerprint density at radius 3 is 2.85 bits per heavy atom. The van der Waals surface area contributed by atoms with Crippen LogP contribution in [0, 0.1) is 15.5 Å². The Bertz CT molecular complexity index is 521. The second kappa shape index (κ2) is 5.17. The van der Waals surface area contributed by atoms with Gasteiger partial charge in [-0.15, -0.1) is 0 Å². The number of hydrogen-bond donors (Lipinski definition) is 3. The van der Waals surface area contributed by atoms with Crippen LogP contribution in [0.1, 0.15) is 20.3 Å². The topological polar surface area (TPSA) is 130 Å². The van der Waals surface area contributed by atoms with Crippen LogP contribution in [0.3, 0.4) is 0 Å². The van der Waals surface area contributed by atoms with Gasteiger partial charge in [-0.1, -0.05) is 13.8 Å². The van der Waals surface area contributed by atoms with Gasteiger partial charge in [-0.25, -0.2) is 15.8 Å². The first-order valence-electron chi connectivity index (χ1n) is 6.26. The first kappa shape index (κ1) is 14.4. The first-order valence-corrected chi connectivity index (χ1v) is 6.26. The highest BCUT2D eigenvalue weighted by molar-refractivity contribution is 5.70. The van der Waals surface area contributed by atoms with Crippen molar-refractivity contribution in [2.24, 2.45) is 11.3 Å². The molecule has 0 aromatic carbocycles. The molecule has 1 aliphatic rings. The summed E-state index contributed by atoms with van der Waals surface area (Å²) in [6, 6.07) is 0. The molecule has 2 rings (SSSR count). The van der Waals surface area contributed by atoms with Gasteiger partial charge in [0.15, 0.2) is 0 Å². The monoisotopic (exact) mass is 282 g/mol. The molecule has 20 heavy (non-hydrogen) atoms. The number of hydrogen-bond acceptors (Lipinski definition) is 8. The molecule has 2 heterocycles. The zero-order valence-corrected chi connectivity index (χ0v) is 11.4. The van der Waals surface area contributed by atoms with Gasteiger partial charge in [0.05, 0.1) is 11.0 Å². The quantitative estimate of drug-likeness (QED) is 0.409. The first-order chi connectivity index (χ1) is 9.36. The molecular formula is C11H18N6O3. The van der Waals surface area contributed by atoms with E-state index in [1.165, 1.54) is 6.33 Å². The Balaban J connectivity index is 2.41. The van der Waals surface area contributed by atoms with Crippen molar-refractivity contribution in [3.05, 3.63) is 16.4 Å². The molecule has 0 amide bonds. The number of nitrogen functional groups attached to an aromatic ring is 1. The van der Waals surface area contributed by atoms with Crippen LogP contribution in [0.2, 0.25) is 0 Å². The van der Waals surface area contributed by atoms with E-state index in [9.17, 15) is 15.2 Å². The third-order valence-electron chi connectivity index (χ3n) is 3.59. The van der Waals surface area contributed by atoms with Crippen LogP contribution in [-0.4, -0.2) is 39.2 Å². The molecular weight excluding hydrogens is 264 g/mol. The Kier molecular flexibility index (Phi) is 3.73. The van der Waals surface area contributed by atoms with Crippen LogP contribution in [0.15, 0.2) is 6.33 Å². The van der Waals surface area contributed by atoms with Crippen molar-refractivity contribution in [1.29, 1.82) is 0 Å². The maximum Gasteiger partial charge on any atom is 0.354 e. The molecule has 9 nitrogen and oxygen atoms in total. The third kappa shape index (κ3) is 2.49. The Morgan fingerprint density at radius 1 is 1.60 bits per heavy atom. The van der Waals surface area contributed by atoms with Crippen LogP contribution < -0.4 is 16.2 Å². The van der Waals surface area contributed by atoms with Crippen LogP contribution in [0.4, 0.5) is 17.3 Å². The summed E-state index contributed by atoms with van der Waals surface area (Å²) in [4.78, 5) is 20.2. The minimum absolute atomic E-state index is 0.0241. The van der Waals surface area contributed by atoms with Gasteiger partial charge < -0.3 is 15.4 Å². The van der Waals surface area contributed by atoms with Gasteiger partial charge in [0.25, 0.3) is 0 Å². The molecule has 0 spiro atoms. The lowest BCUT2D eigenvalue weighted by atomic mass is 9.81. The Hall–Kier alpha value is -2.00. The van der Waals surface area contributed by atoms with Crippen LogP contribution in [0.5, 0.6) is 0 Å². The lowest BCUT2D eigenvalue weighted by molar-refractivity contribution is -0.383. The molecule has 1 unspecified atom stereocenters. The molecule has 1 aromatic heterocycles. The Labute approximate surface area is 115 Å². The summed E-state index contributed by atoms with van der Waals surface area (Å²) in [5.74, 6) is 5.46. The van der Waals surface area contributed by atoms with Crippen molar-refractivity contribution in [1.82, 2.24) is 9.97 Å². The number of nitrogens with zero attached hydrogens (tertiary/aromatic N) is 4. The number of piperidine rings is 1. The van der Waals surface area contributed by atoms with Gasteiger partial charge in [-0.3, -0.25) is 10.1 Å². The summed E-state index contributed by atoms with van der Waals surface area (Å²) >= 11 is 0. The van der Waals surface area contributed by atoms with Crippen LogP contribution in [0.25, 0.3) is 0 Å². The average molecular weight is 282 g/mol. The van der Waals surface area contributed by atoms with Crippen LogP contribution in [-0.2, 0) is 0 Å². The fourth-order valence-corrected chi connectivity index (χ4v) is 2.40. The molecule has 0 aliphatic carbocycles.